The Morgan fingerprint density at radius 2 is 1.61 bits per heavy atom. The number of rotatable bonds is 8. The van der Waals surface area contributed by atoms with Crippen LogP contribution in [-0.4, -0.2) is 29.6 Å². The Labute approximate surface area is 171 Å². The summed E-state index contributed by atoms with van der Waals surface area (Å²) in [5.41, 5.74) is 2.61. The number of phenolic OH excluding ortho intramolecular Hbond substituents is 1. The minimum Gasteiger partial charge on any atom is -0.508 e. The second-order valence-corrected chi connectivity index (χ2v) is 9.15. The molecule has 0 radical (unpaired) electrons. The summed E-state index contributed by atoms with van der Waals surface area (Å²) in [5, 5.41) is 10.2. The molecule has 1 fully saturated rings. The molecule has 0 spiro atoms. The first-order chi connectivity index (χ1) is 13.5. The maximum Gasteiger partial charge on any atom is 0.115 e. The van der Waals surface area contributed by atoms with Crippen LogP contribution in [0.15, 0.2) is 54.6 Å². The summed E-state index contributed by atoms with van der Waals surface area (Å²) in [7, 11) is 0. The standard InChI is InChI=1S/C26H37NO/c1-4-5-6-7-11-18-27-19-17-26(25(2,3)21-27,22-13-9-8-10-14-22)23-15-12-16-24(28)20-23/h8-10,12-16,20,28H,4-7,11,17-19,21H2,1-3H3. The van der Waals surface area contributed by atoms with Crippen molar-refractivity contribution >= 4 is 0 Å². The maximum atomic E-state index is 10.2. The highest BCUT2D eigenvalue weighted by molar-refractivity contribution is 5.45. The normalized spacial score (nSPS) is 22.2. The zero-order chi connectivity index (χ0) is 20.0. The highest BCUT2D eigenvalue weighted by Gasteiger charge is 2.50. The molecule has 28 heavy (non-hydrogen) atoms. The molecular formula is C26H37NO. The fourth-order valence-electron chi connectivity index (χ4n) is 5.30. The molecule has 2 aromatic carbocycles. The van der Waals surface area contributed by atoms with Crippen LogP contribution in [0.2, 0.25) is 0 Å². The van der Waals surface area contributed by atoms with Gasteiger partial charge in [-0.2, -0.15) is 0 Å². The Kier molecular flexibility index (Phi) is 6.82. The molecule has 0 saturated carbocycles. The smallest absolute Gasteiger partial charge is 0.115 e. The van der Waals surface area contributed by atoms with Gasteiger partial charge in [-0.25, -0.2) is 0 Å². The monoisotopic (exact) mass is 379 g/mol. The summed E-state index contributed by atoms with van der Waals surface area (Å²) in [4.78, 5) is 2.66. The number of hydrogen-bond donors (Lipinski definition) is 1. The zero-order valence-corrected chi connectivity index (χ0v) is 18.0. The van der Waals surface area contributed by atoms with E-state index < -0.39 is 0 Å². The Balaban J connectivity index is 1.85. The minimum atomic E-state index is -0.0777. The summed E-state index contributed by atoms with van der Waals surface area (Å²) >= 11 is 0. The third-order valence-corrected chi connectivity index (χ3v) is 6.76. The number of piperidine rings is 1. The van der Waals surface area contributed by atoms with Crippen LogP contribution in [0.25, 0.3) is 0 Å². The second-order valence-electron chi connectivity index (χ2n) is 9.15. The van der Waals surface area contributed by atoms with E-state index in [9.17, 15) is 5.11 Å². The average Bonchev–Trinajstić information content (AvgIpc) is 2.68. The van der Waals surface area contributed by atoms with Crippen molar-refractivity contribution in [3.05, 3.63) is 65.7 Å². The van der Waals surface area contributed by atoms with E-state index in [0.717, 1.165) is 19.5 Å². The highest BCUT2D eigenvalue weighted by Crippen LogP contribution is 2.52. The van der Waals surface area contributed by atoms with Gasteiger partial charge >= 0.3 is 0 Å². The molecule has 2 nitrogen and oxygen atoms in total. The molecule has 0 aromatic heterocycles. The summed E-state index contributed by atoms with van der Waals surface area (Å²) in [6, 6.07) is 18.9. The van der Waals surface area contributed by atoms with Gasteiger partial charge in [-0.3, -0.25) is 0 Å². The zero-order valence-electron chi connectivity index (χ0n) is 18.0. The first kappa shape index (κ1) is 20.9. The van der Waals surface area contributed by atoms with E-state index >= 15 is 0 Å². The topological polar surface area (TPSA) is 23.5 Å². The number of aromatic hydroxyl groups is 1. The van der Waals surface area contributed by atoms with Gasteiger partial charge in [0.1, 0.15) is 5.75 Å². The van der Waals surface area contributed by atoms with Crippen molar-refractivity contribution in [3.8, 4) is 5.75 Å². The van der Waals surface area contributed by atoms with Gasteiger partial charge in [-0.15, -0.1) is 0 Å². The second kappa shape index (κ2) is 9.13. The lowest BCUT2D eigenvalue weighted by atomic mass is 9.55. The van der Waals surface area contributed by atoms with E-state index in [0.29, 0.717) is 5.75 Å². The highest BCUT2D eigenvalue weighted by atomic mass is 16.3. The largest absolute Gasteiger partial charge is 0.508 e. The first-order valence-electron chi connectivity index (χ1n) is 11.1. The predicted octanol–water partition coefficient (Wildman–Crippen LogP) is 6.38. The Bertz CT molecular complexity index is 739. The molecule has 1 N–H and O–H groups in total. The maximum absolute atomic E-state index is 10.2. The summed E-state index contributed by atoms with van der Waals surface area (Å²) in [5.74, 6) is 0.363. The van der Waals surface area contributed by atoms with Crippen LogP contribution in [0.1, 0.15) is 70.4 Å². The number of unbranched alkanes of at least 4 members (excludes halogenated alkanes) is 4. The Hall–Kier alpha value is -1.80. The van der Waals surface area contributed by atoms with Crippen molar-refractivity contribution in [3.63, 3.8) is 0 Å². The van der Waals surface area contributed by atoms with Crippen molar-refractivity contribution in [2.45, 2.75) is 64.7 Å². The molecule has 1 heterocycles. The molecule has 1 aliphatic rings. The lowest BCUT2D eigenvalue weighted by Gasteiger charge is -2.54. The number of nitrogens with zero attached hydrogens (tertiary/aromatic N) is 1. The molecule has 1 unspecified atom stereocenters. The quantitative estimate of drug-likeness (QED) is 0.538. The van der Waals surface area contributed by atoms with Gasteiger partial charge in [-0.1, -0.05) is 88.9 Å². The lowest BCUT2D eigenvalue weighted by molar-refractivity contribution is 0.0476. The van der Waals surface area contributed by atoms with Crippen molar-refractivity contribution in [1.82, 2.24) is 4.90 Å². The van der Waals surface area contributed by atoms with Gasteiger partial charge in [0.15, 0.2) is 0 Å². The minimum absolute atomic E-state index is 0.0732. The first-order valence-corrected chi connectivity index (χ1v) is 11.1. The Morgan fingerprint density at radius 3 is 2.29 bits per heavy atom. The fraction of sp³-hybridized carbons (Fsp3) is 0.538. The van der Waals surface area contributed by atoms with Crippen LogP contribution >= 0.6 is 0 Å². The van der Waals surface area contributed by atoms with Crippen molar-refractivity contribution < 1.29 is 5.11 Å². The van der Waals surface area contributed by atoms with Crippen molar-refractivity contribution in [2.75, 3.05) is 19.6 Å². The molecule has 0 aliphatic carbocycles. The van der Waals surface area contributed by atoms with E-state index in [1.54, 1.807) is 6.07 Å². The Morgan fingerprint density at radius 1 is 0.893 bits per heavy atom. The van der Waals surface area contributed by atoms with Gasteiger partial charge in [0.2, 0.25) is 0 Å². The lowest BCUT2D eigenvalue weighted by Crippen LogP contribution is -2.56. The van der Waals surface area contributed by atoms with E-state index in [4.69, 9.17) is 0 Å². The number of hydrogen-bond acceptors (Lipinski definition) is 2. The third kappa shape index (κ3) is 4.27. The molecule has 2 heteroatoms. The number of phenols is 1. The molecule has 1 saturated heterocycles. The molecule has 1 atom stereocenters. The van der Waals surface area contributed by atoms with E-state index in [1.165, 1.54) is 49.8 Å². The van der Waals surface area contributed by atoms with Crippen LogP contribution in [0.3, 0.4) is 0 Å². The van der Waals surface area contributed by atoms with Crippen molar-refractivity contribution in [2.24, 2.45) is 5.41 Å². The molecular weight excluding hydrogens is 342 g/mol. The van der Waals surface area contributed by atoms with Crippen LogP contribution in [0.5, 0.6) is 5.75 Å². The third-order valence-electron chi connectivity index (χ3n) is 6.76. The summed E-state index contributed by atoms with van der Waals surface area (Å²) < 4.78 is 0. The molecule has 2 aromatic rings. The van der Waals surface area contributed by atoms with Gasteiger partial charge < -0.3 is 10.0 Å². The van der Waals surface area contributed by atoms with Gasteiger partial charge in [0.05, 0.1) is 0 Å². The SMILES string of the molecule is CCCCCCCN1CCC(c2ccccc2)(c2cccc(O)c2)C(C)(C)C1. The molecule has 1 aliphatic heterocycles. The average molecular weight is 380 g/mol. The van der Waals surface area contributed by atoms with Crippen LogP contribution in [0.4, 0.5) is 0 Å². The fourth-order valence-corrected chi connectivity index (χ4v) is 5.30. The molecule has 3 rings (SSSR count). The molecule has 152 valence electrons. The van der Waals surface area contributed by atoms with E-state index in [-0.39, 0.29) is 10.8 Å². The van der Waals surface area contributed by atoms with Crippen LogP contribution in [-0.2, 0) is 5.41 Å². The molecule has 0 bridgehead atoms. The van der Waals surface area contributed by atoms with Gasteiger partial charge in [-0.05, 0) is 54.6 Å². The number of benzene rings is 2. The summed E-state index contributed by atoms with van der Waals surface area (Å²) in [6.07, 6.45) is 7.77. The van der Waals surface area contributed by atoms with Crippen molar-refractivity contribution in [1.29, 1.82) is 0 Å². The molecule has 0 amide bonds. The summed E-state index contributed by atoms with van der Waals surface area (Å²) in [6.45, 7) is 10.5. The van der Waals surface area contributed by atoms with Gasteiger partial charge in [0.25, 0.3) is 0 Å². The van der Waals surface area contributed by atoms with Gasteiger partial charge in [0, 0.05) is 12.0 Å². The van der Waals surface area contributed by atoms with Crippen LogP contribution in [0, 0.1) is 5.41 Å². The van der Waals surface area contributed by atoms with E-state index in [2.05, 4.69) is 62.1 Å². The van der Waals surface area contributed by atoms with Crippen LogP contribution < -0.4 is 0 Å². The number of likely N-dealkylation sites (tertiary alicyclic amines) is 1. The predicted molar refractivity (Wildman–Crippen MR) is 119 cm³/mol. The van der Waals surface area contributed by atoms with E-state index in [1.807, 2.05) is 12.1 Å².